The van der Waals surface area contributed by atoms with Crippen LogP contribution >= 0.6 is 0 Å². The molecule has 1 saturated carbocycles. The van der Waals surface area contributed by atoms with Gasteiger partial charge in [-0.3, -0.25) is 38.4 Å². The first-order valence-electron chi connectivity index (χ1n) is 37.4. The molecular weight excluding hydrogens is 1330 g/mol. The minimum Gasteiger partial charge on any atom is -0.465 e. The average molecular weight is 1450 g/mol. The van der Waals surface area contributed by atoms with E-state index in [-0.39, 0.29) is 114 Å². The van der Waals surface area contributed by atoms with Crippen LogP contribution < -0.4 is 27.0 Å². The Bertz CT molecular complexity index is 2880. The lowest BCUT2D eigenvalue weighted by Gasteiger charge is -2.26. The Kier molecular flexibility index (Phi) is 44.0. The van der Waals surface area contributed by atoms with E-state index in [0.29, 0.717) is 179 Å². The quantitative estimate of drug-likeness (QED) is 0.0251. The monoisotopic (exact) mass is 1450 g/mol. The van der Waals surface area contributed by atoms with Gasteiger partial charge in [-0.1, -0.05) is 64.3 Å². The second-order valence-corrected chi connectivity index (χ2v) is 27.1. The molecule has 1 fully saturated rings. The fourth-order valence-corrected chi connectivity index (χ4v) is 12.1. The van der Waals surface area contributed by atoms with Crippen molar-refractivity contribution in [3.8, 4) is 11.8 Å². The minimum absolute atomic E-state index is 0.0229. The number of benzene rings is 1. The van der Waals surface area contributed by atoms with Crippen LogP contribution in [-0.4, -0.2) is 206 Å². The molecule has 0 saturated heterocycles. The summed E-state index contributed by atoms with van der Waals surface area (Å²) in [5.41, 5.74) is 8.13. The molecule has 0 aliphatic heterocycles. The zero-order valence-corrected chi connectivity index (χ0v) is 61.8. The van der Waals surface area contributed by atoms with Gasteiger partial charge in [-0.25, -0.2) is 9.48 Å². The number of anilines is 1. The first kappa shape index (κ1) is 86.8. The molecule has 3 aliphatic carbocycles. The predicted molar refractivity (Wildman–Crippen MR) is 381 cm³/mol. The number of nitrogens with zero attached hydrogens (tertiary/aromatic N) is 3. The number of nitrogens with two attached hydrogens (primary N) is 1. The standard InChI is InChI=1S/C75H118N8O20/c1-54(2)70(66(86)50-59(18-15-31-78-75(76)92)72(89)79-60-26-24-57(25-27-60)51-103-74(91)55(3)4)80-73(90)58(49-61(85)29-35-95-39-43-99-46-45-97-41-37-93-33-16-23-69(88)102-52-64-62-19-9-6-7-10-20-63(62)64)17-13-14-30-77-68(87)53-101-67-22-12-8-11-21-65-71(67)81-82-83(65)32-36-96-40-44-100-48-47-98-42-38-94-34-28-56(5)84/h24-27,54-55,58-59,62-64,67,70H,8-23,28-53H2,1-5H3,(H,77,87)(H,79,89)(H,80,90)(H3,76,78,92)/t58-,59+,62-,63+,64?,67?,70-/m0/s1. The van der Waals surface area contributed by atoms with E-state index in [1.807, 2.05) is 4.68 Å². The number of amides is 5. The van der Waals surface area contributed by atoms with Gasteiger partial charge in [0, 0.05) is 82.2 Å². The average Bonchev–Trinajstić information content (AvgIpc) is 1.63. The van der Waals surface area contributed by atoms with Gasteiger partial charge in [0.05, 0.1) is 130 Å². The highest BCUT2D eigenvalue weighted by Crippen LogP contribution is 2.52. The number of hydrogen-bond acceptors (Lipinski definition) is 22. The van der Waals surface area contributed by atoms with Gasteiger partial charge in [-0.15, -0.1) is 16.9 Å². The Morgan fingerprint density at radius 1 is 0.612 bits per heavy atom. The molecule has 28 nitrogen and oxygen atoms in total. The number of ether oxygens (including phenoxy) is 11. The molecule has 0 radical (unpaired) electrons. The van der Waals surface area contributed by atoms with E-state index in [9.17, 15) is 43.2 Å². The molecule has 28 heteroatoms. The topological polar surface area (TPSA) is 360 Å². The summed E-state index contributed by atoms with van der Waals surface area (Å²) in [6, 6.07) is 5.01. The fourth-order valence-electron chi connectivity index (χ4n) is 12.1. The number of Topliss-reactive ketones (excluding diaryl/α,β-unsaturated/α-hetero) is 3. The minimum atomic E-state index is -1.02. The van der Waals surface area contributed by atoms with Crippen LogP contribution in [0.15, 0.2) is 24.3 Å². The van der Waals surface area contributed by atoms with Crippen molar-refractivity contribution in [1.82, 2.24) is 30.9 Å². The summed E-state index contributed by atoms with van der Waals surface area (Å²) in [6.07, 6.45) is 10.5. The van der Waals surface area contributed by atoms with Crippen molar-refractivity contribution in [1.29, 1.82) is 0 Å². The van der Waals surface area contributed by atoms with Crippen LogP contribution in [0.2, 0.25) is 0 Å². The summed E-state index contributed by atoms with van der Waals surface area (Å²) in [6.45, 7) is 15.5. The van der Waals surface area contributed by atoms with Crippen molar-refractivity contribution >= 4 is 58.7 Å². The second-order valence-electron chi connectivity index (χ2n) is 27.1. The molecule has 103 heavy (non-hydrogen) atoms. The highest BCUT2D eigenvalue weighted by Gasteiger charge is 2.49. The normalized spacial score (nSPS) is 17.2. The lowest BCUT2D eigenvalue weighted by Crippen LogP contribution is -2.48. The number of fused-ring (bicyclic) bond motifs is 2. The third-order valence-corrected chi connectivity index (χ3v) is 18.1. The molecular formula is C75H118N8O20. The fraction of sp³-hybridized carbons (Fsp3) is 0.747. The van der Waals surface area contributed by atoms with Gasteiger partial charge in [0.2, 0.25) is 17.7 Å². The number of hydrogen-bond donors (Lipinski definition) is 5. The predicted octanol–water partition coefficient (Wildman–Crippen LogP) is 7.08. The summed E-state index contributed by atoms with van der Waals surface area (Å²) >= 11 is 0. The summed E-state index contributed by atoms with van der Waals surface area (Å²) < 4.78 is 63.9. The van der Waals surface area contributed by atoms with Crippen LogP contribution in [0.5, 0.6) is 0 Å². The Hall–Kier alpha value is -6.81. The lowest BCUT2D eigenvalue weighted by molar-refractivity contribution is -0.148. The second kappa shape index (κ2) is 52.2. The van der Waals surface area contributed by atoms with E-state index in [1.165, 1.54) is 6.92 Å². The largest absolute Gasteiger partial charge is 0.465 e. The number of nitrogens with one attached hydrogen (secondary N) is 4. The van der Waals surface area contributed by atoms with Crippen molar-refractivity contribution in [2.24, 2.45) is 47.2 Å². The summed E-state index contributed by atoms with van der Waals surface area (Å²) in [5, 5.41) is 20.2. The zero-order chi connectivity index (χ0) is 74.2. The molecule has 578 valence electrons. The lowest BCUT2D eigenvalue weighted by atomic mass is 9.88. The third kappa shape index (κ3) is 37.6. The maximum Gasteiger partial charge on any atom is 0.312 e. The van der Waals surface area contributed by atoms with Gasteiger partial charge >= 0.3 is 18.0 Å². The molecule has 0 bridgehead atoms. The van der Waals surface area contributed by atoms with Crippen molar-refractivity contribution in [3.05, 3.63) is 41.2 Å². The van der Waals surface area contributed by atoms with E-state index < -0.39 is 53.5 Å². The molecule has 1 aromatic heterocycles. The summed E-state index contributed by atoms with van der Waals surface area (Å²) in [4.78, 5) is 116. The van der Waals surface area contributed by atoms with Gasteiger partial charge in [-0.05, 0) is 112 Å². The van der Waals surface area contributed by atoms with Gasteiger partial charge in [0.1, 0.15) is 36.6 Å². The Labute approximate surface area is 608 Å². The molecule has 2 aromatic rings. The van der Waals surface area contributed by atoms with Gasteiger partial charge < -0.3 is 79.1 Å². The highest BCUT2D eigenvalue weighted by atomic mass is 16.6. The number of urea groups is 1. The number of ketones is 3. The van der Waals surface area contributed by atoms with Crippen LogP contribution in [-0.2, 0) is 110 Å². The maximum atomic E-state index is 14.4. The number of unbranched alkanes of at least 4 members (excludes halogenated alkanes) is 1. The smallest absolute Gasteiger partial charge is 0.312 e. The molecule has 2 unspecified atom stereocenters. The Morgan fingerprint density at radius 3 is 1.81 bits per heavy atom. The molecule has 5 amide bonds. The Balaban J connectivity index is 1.06. The molecule has 1 aromatic carbocycles. The third-order valence-electron chi connectivity index (χ3n) is 18.1. The molecule has 7 atom stereocenters. The van der Waals surface area contributed by atoms with Crippen LogP contribution in [0.1, 0.15) is 180 Å². The number of aromatic nitrogens is 3. The van der Waals surface area contributed by atoms with E-state index in [1.54, 1.807) is 52.0 Å². The number of rotatable bonds is 58. The number of esters is 2. The van der Waals surface area contributed by atoms with E-state index in [4.69, 9.17) is 57.8 Å². The molecule has 5 rings (SSSR count). The first-order valence-corrected chi connectivity index (χ1v) is 37.4. The summed E-state index contributed by atoms with van der Waals surface area (Å²) in [5.74, 6) is 3.42. The van der Waals surface area contributed by atoms with Crippen LogP contribution in [0.4, 0.5) is 10.5 Å². The maximum absolute atomic E-state index is 14.4. The van der Waals surface area contributed by atoms with Crippen molar-refractivity contribution in [2.45, 2.75) is 188 Å². The van der Waals surface area contributed by atoms with E-state index in [2.05, 4.69) is 43.4 Å². The SMILES string of the molecule is CC(=O)CCOCCOCCOCCOCCn1nnc2c1CCCCCC2OCC(=O)NCCCC[C@@H](CC(=O)CCOCCOCCOCCOCCCC(=O)OCC1[C@H]2CCC#CCC[C@@H]12)C(=O)N[C@H](C(=O)C[C@@H](CCCNC(N)=O)C(=O)Nc1ccc(COC(=O)C(C)C)cc1)C(C)C. The molecule has 0 spiro atoms. The molecule has 3 aliphatic rings. The molecule has 1 heterocycles. The van der Waals surface area contributed by atoms with Crippen LogP contribution in [0, 0.1) is 53.3 Å². The zero-order valence-electron chi connectivity index (χ0n) is 61.8. The van der Waals surface area contributed by atoms with Gasteiger partial charge in [-0.2, -0.15) is 0 Å². The molecule has 6 N–H and O–H groups in total. The van der Waals surface area contributed by atoms with E-state index >= 15 is 0 Å². The number of carbonyl (C=O) groups is 9. The van der Waals surface area contributed by atoms with Crippen molar-refractivity contribution in [3.63, 3.8) is 0 Å². The Morgan fingerprint density at radius 2 is 1.19 bits per heavy atom. The van der Waals surface area contributed by atoms with E-state index in [0.717, 1.165) is 57.1 Å². The van der Waals surface area contributed by atoms with Crippen molar-refractivity contribution in [2.75, 3.05) is 137 Å². The number of primary amides is 1. The first-order chi connectivity index (χ1) is 49.9. The highest BCUT2D eigenvalue weighted by molar-refractivity contribution is 5.98. The van der Waals surface area contributed by atoms with Crippen LogP contribution in [0.25, 0.3) is 0 Å². The van der Waals surface area contributed by atoms with Gasteiger partial charge in [0.15, 0.2) is 5.78 Å². The van der Waals surface area contributed by atoms with Crippen LogP contribution in [0.3, 0.4) is 0 Å². The van der Waals surface area contributed by atoms with Crippen molar-refractivity contribution < 1.29 is 95.3 Å². The van der Waals surface area contributed by atoms with Gasteiger partial charge in [0.25, 0.3) is 0 Å². The number of carbonyl (C=O) groups excluding carboxylic acids is 9. The summed E-state index contributed by atoms with van der Waals surface area (Å²) in [7, 11) is 0.